The van der Waals surface area contributed by atoms with Crippen LogP contribution in [0.25, 0.3) is 0 Å². The summed E-state index contributed by atoms with van der Waals surface area (Å²) in [4.78, 5) is 14.3. The summed E-state index contributed by atoms with van der Waals surface area (Å²) >= 11 is 0. The number of hydrogen-bond acceptors (Lipinski definition) is 3. The Balaban J connectivity index is 1.99. The van der Waals surface area contributed by atoms with Gasteiger partial charge in [0.05, 0.1) is 18.6 Å². The first kappa shape index (κ1) is 13.9. The lowest BCUT2D eigenvalue weighted by molar-refractivity contribution is -0.135. The zero-order chi connectivity index (χ0) is 13.8. The number of anilines is 1. The third kappa shape index (κ3) is 3.47. The molecule has 1 aliphatic heterocycles. The van der Waals surface area contributed by atoms with Crippen LogP contribution < -0.4 is 5.73 Å². The highest BCUT2D eigenvalue weighted by Crippen LogP contribution is 2.22. The average molecular weight is 262 g/mol. The molecular formula is C15H22N2O2. The molecule has 0 aromatic heterocycles. The van der Waals surface area contributed by atoms with Gasteiger partial charge in [0, 0.05) is 18.8 Å². The largest absolute Gasteiger partial charge is 0.399 e. The summed E-state index contributed by atoms with van der Waals surface area (Å²) in [7, 11) is 0. The van der Waals surface area contributed by atoms with E-state index in [1.807, 2.05) is 43.0 Å². The first-order valence-corrected chi connectivity index (χ1v) is 6.85. The van der Waals surface area contributed by atoms with Gasteiger partial charge in [0.25, 0.3) is 0 Å². The molecule has 1 amide bonds. The summed E-state index contributed by atoms with van der Waals surface area (Å²) in [6.45, 7) is 5.94. The number of carbonyl (C=O) groups excluding carboxylic acids is 1. The van der Waals surface area contributed by atoms with Crippen LogP contribution in [-0.4, -0.2) is 30.1 Å². The Labute approximate surface area is 114 Å². The maximum atomic E-state index is 12.4. The van der Waals surface area contributed by atoms with E-state index in [9.17, 15) is 4.79 Å². The van der Waals surface area contributed by atoms with Crippen molar-refractivity contribution >= 4 is 11.6 Å². The van der Waals surface area contributed by atoms with E-state index >= 15 is 0 Å². The molecule has 0 bridgehead atoms. The number of nitrogens with zero attached hydrogens (tertiary/aromatic N) is 1. The van der Waals surface area contributed by atoms with Gasteiger partial charge in [-0.1, -0.05) is 12.1 Å². The highest BCUT2D eigenvalue weighted by atomic mass is 16.5. The lowest BCUT2D eigenvalue weighted by Gasteiger charge is -2.23. The Hall–Kier alpha value is -1.55. The van der Waals surface area contributed by atoms with Gasteiger partial charge in [-0.3, -0.25) is 4.79 Å². The number of nitrogen functional groups attached to an aromatic ring is 1. The molecule has 1 fully saturated rings. The van der Waals surface area contributed by atoms with Crippen molar-refractivity contribution in [2.75, 3.05) is 18.9 Å². The molecule has 2 rings (SSSR count). The van der Waals surface area contributed by atoms with Crippen LogP contribution in [0, 0.1) is 5.92 Å². The van der Waals surface area contributed by atoms with Gasteiger partial charge in [-0.2, -0.15) is 0 Å². The van der Waals surface area contributed by atoms with Crippen molar-refractivity contribution in [2.24, 2.45) is 5.92 Å². The second-order valence-corrected chi connectivity index (χ2v) is 5.17. The van der Waals surface area contributed by atoms with Crippen LogP contribution in [0.2, 0.25) is 0 Å². The minimum atomic E-state index is 0.0173. The molecule has 1 aliphatic rings. The maximum absolute atomic E-state index is 12.4. The van der Waals surface area contributed by atoms with Crippen molar-refractivity contribution in [3.8, 4) is 0 Å². The van der Waals surface area contributed by atoms with Gasteiger partial charge in [-0.05, 0) is 38.0 Å². The van der Waals surface area contributed by atoms with Crippen LogP contribution in [0.3, 0.4) is 0 Å². The van der Waals surface area contributed by atoms with Crippen molar-refractivity contribution in [1.82, 2.24) is 4.90 Å². The standard InChI is InChI=1S/C15H22N2O2/c1-3-17(9-12-4-6-14(16)7-5-12)15(18)13-8-11(2)19-10-13/h4-7,11,13H,3,8-10,16H2,1-2H3. The Bertz CT molecular complexity index is 430. The predicted octanol–water partition coefficient (Wildman–Crippen LogP) is 2.04. The number of rotatable bonds is 4. The molecule has 19 heavy (non-hydrogen) atoms. The summed E-state index contributed by atoms with van der Waals surface area (Å²) in [6.07, 6.45) is 1.03. The van der Waals surface area contributed by atoms with E-state index in [4.69, 9.17) is 10.5 Å². The zero-order valence-corrected chi connectivity index (χ0v) is 11.6. The Morgan fingerprint density at radius 2 is 2.11 bits per heavy atom. The van der Waals surface area contributed by atoms with Crippen LogP contribution in [0.4, 0.5) is 5.69 Å². The number of benzene rings is 1. The molecule has 1 aromatic rings. The quantitative estimate of drug-likeness (QED) is 0.845. The SMILES string of the molecule is CCN(Cc1ccc(N)cc1)C(=O)C1COC(C)C1. The maximum Gasteiger partial charge on any atom is 0.228 e. The normalized spacial score (nSPS) is 22.4. The summed E-state index contributed by atoms with van der Waals surface area (Å²) in [5, 5.41) is 0. The Kier molecular flexibility index (Phi) is 4.43. The van der Waals surface area contributed by atoms with Gasteiger partial charge in [-0.25, -0.2) is 0 Å². The summed E-state index contributed by atoms with van der Waals surface area (Å²) in [5.74, 6) is 0.215. The average Bonchev–Trinajstić information content (AvgIpc) is 2.84. The monoisotopic (exact) mass is 262 g/mol. The van der Waals surface area contributed by atoms with Crippen LogP contribution in [0.5, 0.6) is 0 Å². The van der Waals surface area contributed by atoms with Gasteiger partial charge >= 0.3 is 0 Å². The molecule has 4 heteroatoms. The summed E-state index contributed by atoms with van der Waals surface area (Å²) in [5.41, 5.74) is 7.52. The Morgan fingerprint density at radius 1 is 1.42 bits per heavy atom. The van der Waals surface area contributed by atoms with E-state index in [1.165, 1.54) is 0 Å². The first-order chi connectivity index (χ1) is 9.10. The third-order valence-electron chi connectivity index (χ3n) is 3.59. The van der Waals surface area contributed by atoms with E-state index in [-0.39, 0.29) is 17.9 Å². The molecule has 0 saturated carbocycles. The van der Waals surface area contributed by atoms with Crippen LogP contribution in [0.1, 0.15) is 25.8 Å². The zero-order valence-electron chi connectivity index (χ0n) is 11.6. The van der Waals surface area contributed by atoms with E-state index in [0.29, 0.717) is 19.7 Å². The van der Waals surface area contributed by atoms with Crippen molar-refractivity contribution in [3.05, 3.63) is 29.8 Å². The second kappa shape index (κ2) is 6.06. The molecule has 104 valence electrons. The number of carbonyl (C=O) groups is 1. The molecule has 0 spiro atoms. The van der Waals surface area contributed by atoms with Gasteiger partial charge in [0.2, 0.25) is 5.91 Å². The summed E-state index contributed by atoms with van der Waals surface area (Å²) in [6, 6.07) is 7.68. The molecule has 1 aromatic carbocycles. The molecule has 4 nitrogen and oxygen atoms in total. The summed E-state index contributed by atoms with van der Waals surface area (Å²) < 4.78 is 5.48. The van der Waals surface area contributed by atoms with Gasteiger partial charge in [-0.15, -0.1) is 0 Å². The predicted molar refractivity (Wildman–Crippen MR) is 75.5 cm³/mol. The molecule has 2 unspecified atom stereocenters. The first-order valence-electron chi connectivity index (χ1n) is 6.85. The highest BCUT2D eigenvalue weighted by molar-refractivity contribution is 5.79. The lowest BCUT2D eigenvalue weighted by Crippen LogP contribution is -2.35. The van der Waals surface area contributed by atoms with Crippen molar-refractivity contribution in [2.45, 2.75) is 32.9 Å². The molecule has 1 heterocycles. The lowest BCUT2D eigenvalue weighted by atomic mass is 10.0. The van der Waals surface area contributed by atoms with E-state index in [1.54, 1.807) is 0 Å². The fraction of sp³-hybridized carbons (Fsp3) is 0.533. The second-order valence-electron chi connectivity index (χ2n) is 5.17. The number of nitrogens with two attached hydrogens (primary N) is 1. The molecule has 0 aliphatic carbocycles. The number of hydrogen-bond donors (Lipinski definition) is 1. The smallest absolute Gasteiger partial charge is 0.228 e. The molecule has 1 saturated heterocycles. The molecular weight excluding hydrogens is 240 g/mol. The fourth-order valence-electron chi connectivity index (χ4n) is 2.44. The van der Waals surface area contributed by atoms with E-state index < -0.39 is 0 Å². The van der Waals surface area contributed by atoms with E-state index in [2.05, 4.69) is 0 Å². The number of ether oxygens (including phenoxy) is 1. The fourth-order valence-corrected chi connectivity index (χ4v) is 2.44. The minimum Gasteiger partial charge on any atom is -0.399 e. The van der Waals surface area contributed by atoms with E-state index in [0.717, 1.165) is 17.7 Å². The van der Waals surface area contributed by atoms with Crippen LogP contribution in [-0.2, 0) is 16.1 Å². The van der Waals surface area contributed by atoms with Crippen LogP contribution in [0.15, 0.2) is 24.3 Å². The van der Waals surface area contributed by atoms with Crippen molar-refractivity contribution in [1.29, 1.82) is 0 Å². The van der Waals surface area contributed by atoms with Gasteiger partial charge in [0.15, 0.2) is 0 Å². The van der Waals surface area contributed by atoms with Gasteiger partial charge < -0.3 is 15.4 Å². The Morgan fingerprint density at radius 3 is 2.63 bits per heavy atom. The molecule has 2 atom stereocenters. The van der Waals surface area contributed by atoms with Gasteiger partial charge in [0.1, 0.15) is 0 Å². The molecule has 2 N–H and O–H groups in total. The van der Waals surface area contributed by atoms with Crippen LogP contribution >= 0.6 is 0 Å². The number of amides is 1. The topological polar surface area (TPSA) is 55.6 Å². The highest BCUT2D eigenvalue weighted by Gasteiger charge is 2.30. The molecule has 0 radical (unpaired) electrons. The van der Waals surface area contributed by atoms with Crippen molar-refractivity contribution in [3.63, 3.8) is 0 Å². The third-order valence-corrected chi connectivity index (χ3v) is 3.59. The van der Waals surface area contributed by atoms with Crippen molar-refractivity contribution < 1.29 is 9.53 Å². The minimum absolute atomic E-state index is 0.0173.